The number of hydrogen-bond acceptors (Lipinski definition) is 6. The molecular formula is C21H21N5O5. The van der Waals surface area contributed by atoms with Crippen molar-refractivity contribution in [3.63, 3.8) is 0 Å². The summed E-state index contributed by atoms with van der Waals surface area (Å²) >= 11 is 0. The van der Waals surface area contributed by atoms with Crippen LogP contribution in [0.25, 0.3) is 11.0 Å². The minimum Gasteiger partial charge on any atom is -0.481 e. The average molecular weight is 423 g/mol. The molecule has 0 aliphatic heterocycles. The number of hydrazone groups is 1. The molecule has 1 heterocycles. The van der Waals surface area contributed by atoms with Gasteiger partial charge in [-0.25, -0.2) is 0 Å². The fraction of sp³-hybridized carbons (Fsp3) is 0.143. The smallest absolute Gasteiger partial charge is 0.303 e. The molecule has 2 aromatic carbocycles. The van der Waals surface area contributed by atoms with Crippen LogP contribution < -0.4 is 21.8 Å². The van der Waals surface area contributed by atoms with E-state index < -0.39 is 17.8 Å². The first kappa shape index (κ1) is 21.4. The van der Waals surface area contributed by atoms with E-state index in [1.165, 1.54) is 6.34 Å². The Morgan fingerprint density at radius 2 is 1.94 bits per heavy atom. The van der Waals surface area contributed by atoms with Crippen LogP contribution >= 0.6 is 0 Å². The summed E-state index contributed by atoms with van der Waals surface area (Å²) in [5.74, 6) is 3.52. The van der Waals surface area contributed by atoms with Gasteiger partial charge in [0.25, 0.3) is 5.91 Å². The minimum absolute atomic E-state index is 0.123. The van der Waals surface area contributed by atoms with Crippen molar-refractivity contribution < 1.29 is 23.9 Å². The van der Waals surface area contributed by atoms with Gasteiger partial charge in [0.05, 0.1) is 18.7 Å². The molecule has 160 valence electrons. The van der Waals surface area contributed by atoms with Gasteiger partial charge in [0, 0.05) is 23.1 Å². The Hall–Kier alpha value is -4.34. The molecule has 0 aliphatic carbocycles. The van der Waals surface area contributed by atoms with Crippen LogP contribution in [0.15, 0.2) is 58.0 Å². The molecular weight excluding hydrogens is 402 g/mol. The molecule has 10 nitrogen and oxygen atoms in total. The van der Waals surface area contributed by atoms with E-state index in [0.29, 0.717) is 33.7 Å². The van der Waals surface area contributed by atoms with Gasteiger partial charge in [0.15, 0.2) is 0 Å². The fourth-order valence-corrected chi connectivity index (χ4v) is 2.94. The summed E-state index contributed by atoms with van der Waals surface area (Å²) in [6.45, 7) is -0.279. The number of amides is 2. The maximum Gasteiger partial charge on any atom is 0.303 e. The number of aliphatic carboxylic acids is 1. The molecule has 0 spiro atoms. The summed E-state index contributed by atoms with van der Waals surface area (Å²) in [5, 5.41) is 21.0. The molecule has 10 heteroatoms. The first-order valence-electron chi connectivity index (χ1n) is 9.36. The highest BCUT2D eigenvalue weighted by Crippen LogP contribution is 2.31. The Morgan fingerprint density at radius 3 is 2.71 bits per heavy atom. The lowest BCUT2D eigenvalue weighted by Crippen LogP contribution is -2.33. The summed E-state index contributed by atoms with van der Waals surface area (Å²) < 4.78 is 5.70. The first-order chi connectivity index (χ1) is 15.0. The van der Waals surface area contributed by atoms with Crippen LogP contribution in [-0.2, 0) is 16.0 Å². The van der Waals surface area contributed by atoms with Gasteiger partial charge in [-0.2, -0.15) is 5.10 Å². The van der Waals surface area contributed by atoms with Crippen LogP contribution in [-0.4, -0.2) is 35.8 Å². The minimum atomic E-state index is -0.973. The molecule has 1 aromatic heterocycles. The molecule has 0 fully saturated rings. The zero-order valence-electron chi connectivity index (χ0n) is 16.4. The summed E-state index contributed by atoms with van der Waals surface area (Å²) in [6, 6.07) is 13.7. The van der Waals surface area contributed by atoms with E-state index in [-0.39, 0.29) is 19.4 Å². The van der Waals surface area contributed by atoms with Gasteiger partial charge in [-0.3, -0.25) is 14.4 Å². The zero-order chi connectivity index (χ0) is 22.2. The van der Waals surface area contributed by atoms with E-state index in [1.807, 2.05) is 0 Å². The lowest BCUT2D eigenvalue weighted by atomic mass is 10.1. The Bertz CT molecular complexity index is 1140. The van der Waals surface area contributed by atoms with Crippen molar-refractivity contribution in [1.29, 1.82) is 0 Å². The van der Waals surface area contributed by atoms with Gasteiger partial charge in [-0.15, -0.1) is 0 Å². The SMILES string of the molecule is NN=CNc1cccc(C(=O)NCC(=O)Nc2c(CCC(=O)O)oc3ccccc23)c1. The number of para-hydroxylation sites is 1. The van der Waals surface area contributed by atoms with Gasteiger partial charge in [0.2, 0.25) is 5.91 Å². The predicted octanol–water partition coefficient (Wildman–Crippen LogP) is 2.13. The van der Waals surface area contributed by atoms with E-state index in [1.54, 1.807) is 48.5 Å². The topological polar surface area (TPSA) is 159 Å². The Kier molecular flexibility index (Phi) is 6.84. The van der Waals surface area contributed by atoms with Gasteiger partial charge in [-0.1, -0.05) is 18.2 Å². The molecule has 0 saturated heterocycles. The molecule has 3 aromatic rings. The zero-order valence-corrected chi connectivity index (χ0v) is 16.4. The number of carbonyl (C=O) groups is 3. The summed E-state index contributed by atoms with van der Waals surface area (Å²) in [6.07, 6.45) is 1.26. The molecule has 0 aliphatic rings. The van der Waals surface area contributed by atoms with Crippen molar-refractivity contribution in [2.24, 2.45) is 10.9 Å². The second-order valence-corrected chi connectivity index (χ2v) is 6.52. The molecule has 6 N–H and O–H groups in total. The summed E-state index contributed by atoms with van der Waals surface area (Å²) in [7, 11) is 0. The van der Waals surface area contributed by atoms with Crippen molar-refractivity contribution in [2.45, 2.75) is 12.8 Å². The lowest BCUT2D eigenvalue weighted by Gasteiger charge is -2.08. The van der Waals surface area contributed by atoms with Crippen LogP contribution in [0.3, 0.4) is 0 Å². The van der Waals surface area contributed by atoms with Crippen molar-refractivity contribution in [1.82, 2.24) is 5.32 Å². The van der Waals surface area contributed by atoms with Crippen LogP contribution in [0.5, 0.6) is 0 Å². The molecule has 3 rings (SSSR count). The van der Waals surface area contributed by atoms with Gasteiger partial charge < -0.3 is 31.3 Å². The largest absolute Gasteiger partial charge is 0.481 e. The number of nitrogens with one attached hydrogen (secondary N) is 3. The van der Waals surface area contributed by atoms with Crippen molar-refractivity contribution >= 4 is 46.5 Å². The number of carbonyl (C=O) groups excluding carboxylic acids is 2. The number of furan rings is 1. The second kappa shape index (κ2) is 9.92. The van der Waals surface area contributed by atoms with Crippen molar-refractivity contribution in [3.05, 3.63) is 59.9 Å². The number of carboxylic acid groups (broad SMARTS) is 1. The van der Waals surface area contributed by atoms with Crippen LogP contribution in [0.1, 0.15) is 22.5 Å². The number of hydrogen-bond donors (Lipinski definition) is 5. The van der Waals surface area contributed by atoms with E-state index in [4.69, 9.17) is 15.4 Å². The molecule has 2 amide bonds. The number of nitrogens with two attached hydrogens (primary N) is 1. The Labute approximate surface area is 177 Å². The molecule has 0 unspecified atom stereocenters. The third-order valence-corrected chi connectivity index (χ3v) is 4.34. The summed E-state index contributed by atoms with van der Waals surface area (Å²) in [4.78, 5) is 35.8. The van der Waals surface area contributed by atoms with Crippen LogP contribution in [0.4, 0.5) is 11.4 Å². The highest BCUT2D eigenvalue weighted by molar-refractivity contribution is 6.04. The number of rotatable bonds is 9. The normalized spacial score (nSPS) is 10.8. The van der Waals surface area contributed by atoms with Gasteiger partial charge >= 0.3 is 5.97 Å². The average Bonchev–Trinajstić information content (AvgIpc) is 3.12. The van der Waals surface area contributed by atoms with Crippen LogP contribution in [0, 0.1) is 0 Å². The third-order valence-electron chi connectivity index (χ3n) is 4.34. The highest BCUT2D eigenvalue weighted by atomic mass is 16.4. The van der Waals surface area contributed by atoms with Crippen molar-refractivity contribution in [2.75, 3.05) is 17.2 Å². The maximum absolute atomic E-state index is 12.5. The quantitative estimate of drug-likeness (QED) is 0.153. The first-order valence-corrected chi connectivity index (χ1v) is 9.36. The number of nitrogens with zero attached hydrogens (tertiary/aromatic N) is 1. The fourth-order valence-electron chi connectivity index (χ4n) is 2.94. The number of benzene rings is 2. The summed E-state index contributed by atoms with van der Waals surface area (Å²) in [5.41, 5.74) is 1.90. The van der Waals surface area contributed by atoms with Gasteiger partial charge in [0.1, 0.15) is 17.7 Å². The third kappa shape index (κ3) is 5.60. The number of anilines is 2. The highest BCUT2D eigenvalue weighted by Gasteiger charge is 2.18. The predicted molar refractivity (Wildman–Crippen MR) is 116 cm³/mol. The van der Waals surface area contributed by atoms with E-state index in [9.17, 15) is 14.4 Å². The lowest BCUT2D eigenvalue weighted by molar-refractivity contribution is -0.137. The van der Waals surface area contributed by atoms with Crippen molar-refractivity contribution in [3.8, 4) is 0 Å². The molecule has 0 bridgehead atoms. The molecule has 31 heavy (non-hydrogen) atoms. The van der Waals surface area contributed by atoms with Gasteiger partial charge in [-0.05, 0) is 30.3 Å². The number of fused-ring (bicyclic) bond motifs is 1. The molecule has 0 atom stereocenters. The number of aryl methyl sites for hydroxylation is 1. The molecule has 0 saturated carbocycles. The standard InChI is InChI=1S/C21H21N5O5/c22-25-12-24-14-5-3-4-13(10-14)21(30)23-11-18(27)26-20-15-6-1-2-7-16(15)31-17(20)8-9-19(28)29/h1-7,10,12H,8-9,11,22H2,(H,23,30)(H,24,25)(H,26,27)(H,28,29). The Balaban J connectivity index is 1.67. The maximum atomic E-state index is 12.5. The van der Waals surface area contributed by atoms with E-state index in [0.717, 1.165) is 0 Å². The Morgan fingerprint density at radius 1 is 1.13 bits per heavy atom. The molecule has 0 radical (unpaired) electrons. The second-order valence-electron chi connectivity index (χ2n) is 6.52. The van der Waals surface area contributed by atoms with E-state index >= 15 is 0 Å². The number of carboxylic acids is 1. The van der Waals surface area contributed by atoms with E-state index in [2.05, 4.69) is 21.1 Å². The van der Waals surface area contributed by atoms with Crippen LogP contribution in [0.2, 0.25) is 0 Å². The monoisotopic (exact) mass is 423 g/mol.